The van der Waals surface area contributed by atoms with Crippen molar-refractivity contribution in [2.45, 2.75) is 63.5 Å². The summed E-state index contributed by atoms with van der Waals surface area (Å²) in [5, 5.41) is 15.1. The average Bonchev–Trinajstić information content (AvgIpc) is 3.55. The molecule has 162 valence electrons. The van der Waals surface area contributed by atoms with Gasteiger partial charge in [-0.3, -0.25) is 0 Å². The van der Waals surface area contributed by atoms with Gasteiger partial charge in [-0.15, -0.1) is 0 Å². The molecule has 0 spiro atoms. The third-order valence-electron chi connectivity index (χ3n) is 6.13. The zero-order chi connectivity index (χ0) is 21.2. The standard InChI is InChI=1S/C23H29N7O/c1-2-24-23(31)27-17-12-10-16(11-13-17)26-21-19-14-25-30(18-6-4-3-5-7-18)22(19)29-20(28-21)15-8-9-15/h3-7,14-17H,2,8-13H2,1H3,(H2,24,27,31)(H,26,28,29). The largest absolute Gasteiger partial charge is 0.367 e. The monoisotopic (exact) mass is 419 g/mol. The SMILES string of the molecule is CCNC(=O)NC1CCC(Nc2nc(C3CC3)nc3c2cnn3-c2ccccc2)CC1. The van der Waals surface area contributed by atoms with Gasteiger partial charge in [-0.25, -0.2) is 19.4 Å². The third-order valence-corrected chi connectivity index (χ3v) is 6.13. The maximum absolute atomic E-state index is 11.8. The number of nitrogens with zero attached hydrogens (tertiary/aromatic N) is 4. The number of aromatic nitrogens is 4. The molecule has 8 nitrogen and oxygen atoms in total. The molecule has 0 saturated heterocycles. The van der Waals surface area contributed by atoms with E-state index in [4.69, 9.17) is 9.97 Å². The van der Waals surface area contributed by atoms with Gasteiger partial charge < -0.3 is 16.0 Å². The van der Waals surface area contributed by atoms with Crippen LogP contribution in [0.5, 0.6) is 0 Å². The fourth-order valence-corrected chi connectivity index (χ4v) is 4.29. The molecule has 2 aromatic heterocycles. The summed E-state index contributed by atoms with van der Waals surface area (Å²) in [6, 6.07) is 10.6. The van der Waals surface area contributed by atoms with E-state index >= 15 is 0 Å². The van der Waals surface area contributed by atoms with Gasteiger partial charge in [-0.2, -0.15) is 5.10 Å². The van der Waals surface area contributed by atoms with Gasteiger partial charge in [0.2, 0.25) is 0 Å². The molecule has 2 heterocycles. The van der Waals surface area contributed by atoms with Crippen LogP contribution in [0.4, 0.5) is 10.6 Å². The zero-order valence-corrected chi connectivity index (χ0v) is 17.8. The van der Waals surface area contributed by atoms with Crippen molar-refractivity contribution in [3.63, 3.8) is 0 Å². The van der Waals surface area contributed by atoms with Gasteiger partial charge >= 0.3 is 6.03 Å². The second kappa shape index (κ2) is 8.53. The molecule has 0 bridgehead atoms. The van der Waals surface area contributed by atoms with Crippen molar-refractivity contribution in [1.29, 1.82) is 0 Å². The Bertz CT molecular complexity index is 1050. The first-order valence-electron chi connectivity index (χ1n) is 11.3. The van der Waals surface area contributed by atoms with Gasteiger partial charge in [0.25, 0.3) is 0 Å². The Morgan fingerprint density at radius 3 is 2.48 bits per heavy atom. The van der Waals surface area contributed by atoms with E-state index in [9.17, 15) is 4.79 Å². The molecule has 2 aliphatic carbocycles. The Morgan fingerprint density at radius 2 is 1.77 bits per heavy atom. The highest BCUT2D eigenvalue weighted by Gasteiger charge is 2.29. The number of hydrogen-bond donors (Lipinski definition) is 3. The van der Waals surface area contributed by atoms with Crippen LogP contribution in [0.2, 0.25) is 0 Å². The van der Waals surface area contributed by atoms with Gasteiger partial charge in [0.15, 0.2) is 5.65 Å². The summed E-state index contributed by atoms with van der Waals surface area (Å²) >= 11 is 0. The molecule has 1 aromatic carbocycles. The lowest BCUT2D eigenvalue weighted by atomic mass is 9.91. The molecule has 2 aliphatic rings. The summed E-state index contributed by atoms with van der Waals surface area (Å²) in [5.74, 6) is 2.26. The molecule has 5 rings (SSSR count). The Labute approximate surface area is 181 Å². The minimum atomic E-state index is -0.0705. The van der Waals surface area contributed by atoms with E-state index in [0.717, 1.165) is 66.9 Å². The van der Waals surface area contributed by atoms with Crippen LogP contribution in [0.25, 0.3) is 16.7 Å². The quantitative estimate of drug-likeness (QED) is 0.566. The first-order chi connectivity index (χ1) is 15.2. The smallest absolute Gasteiger partial charge is 0.314 e. The highest BCUT2D eigenvalue weighted by Crippen LogP contribution is 2.40. The second-order valence-electron chi connectivity index (χ2n) is 8.53. The summed E-state index contributed by atoms with van der Waals surface area (Å²) < 4.78 is 1.90. The molecule has 2 amide bonds. The van der Waals surface area contributed by atoms with Crippen LogP contribution >= 0.6 is 0 Å². The number of urea groups is 1. The molecule has 31 heavy (non-hydrogen) atoms. The van der Waals surface area contributed by atoms with Crippen LogP contribution in [0.15, 0.2) is 36.5 Å². The minimum Gasteiger partial charge on any atom is -0.367 e. The van der Waals surface area contributed by atoms with Crippen LogP contribution in [0.1, 0.15) is 57.2 Å². The van der Waals surface area contributed by atoms with E-state index in [2.05, 4.69) is 21.0 Å². The molecule has 8 heteroatoms. The Morgan fingerprint density at radius 1 is 1.03 bits per heavy atom. The molecule has 0 radical (unpaired) electrons. The van der Waals surface area contributed by atoms with E-state index in [1.165, 1.54) is 0 Å². The van der Waals surface area contributed by atoms with Crippen molar-refractivity contribution in [2.75, 3.05) is 11.9 Å². The van der Waals surface area contributed by atoms with Gasteiger partial charge in [-0.05, 0) is 57.6 Å². The maximum atomic E-state index is 11.8. The molecule has 2 saturated carbocycles. The Kier molecular flexibility index (Phi) is 5.44. The fourth-order valence-electron chi connectivity index (χ4n) is 4.29. The normalized spacial score (nSPS) is 21.1. The number of benzene rings is 1. The number of carbonyl (C=O) groups is 1. The van der Waals surface area contributed by atoms with Gasteiger partial charge in [-0.1, -0.05) is 18.2 Å². The number of amides is 2. The lowest BCUT2D eigenvalue weighted by Crippen LogP contribution is -2.44. The first-order valence-corrected chi connectivity index (χ1v) is 11.3. The molecule has 3 aromatic rings. The van der Waals surface area contributed by atoms with Crippen LogP contribution in [-0.2, 0) is 0 Å². The highest BCUT2D eigenvalue weighted by molar-refractivity contribution is 5.87. The highest BCUT2D eigenvalue weighted by atomic mass is 16.2. The van der Waals surface area contributed by atoms with Crippen LogP contribution in [-0.4, -0.2) is 44.4 Å². The van der Waals surface area contributed by atoms with Crippen molar-refractivity contribution in [2.24, 2.45) is 0 Å². The Hall–Kier alpha value is -3.16. The van der Waals surface area contributed by atoms with Crippen molar-refractivity contribution in [3.8, 4) is 5.69 Å². The van der Waals surface area contributed by atoms with E-state index in [1.807, 2.05) is 48.1 Å². The van der Waals surface area contributed by atoms with Crippen LogP contribution in [0.3, 0.4) is 0 Å². The lowest BCUT2D eigenvalue weighted by molar-refractivity contribution is 0.232. The van der Waals surface area contributed by atoms with Gasteiger partial charge in [0.1, 0.15) is 11.6 Å². The minimum absolute atomic E-state index is 0.0705. The van der Waals surface area contributed by atoms with Gasteiger partial charge in [0, 0.05) is 24.5 Å². The number of nitrogens with one attached hydrogen (secondary N) is 3. The van der Waals surface area contributed by atoms with E-state index in [1.54, 1.807) is 0 Å². The predicted octanol–water partition coefficient (Wildman–Crippen LogP) is 3.74. The van der Waals surface area contributed by atoms with Crippen molar-refractivity contribution in [3.05, 3.63) is 42.4 Å². The van der Waals surface area contributed by atoms with Crippen molar-refractivity contribution >= 4 is 22.9 Å². The third kappa shape index (κ3) is 4.33. The Balaban J connectivity index is 1.35. The molecule has 3 N–H and O–H groups in total. The number of hydrogen-bond acceptors (Lipinski definition) is 5. The summed E-state index contributed by atoms with van der Waals surface area (Å²) in [5.41, 5.74) is 1.86. The molecule has 0 unspecified atom stereocenters. The summed E-state index contributed by atoms with van der Waals surface area (Å²) in [6.45, 7) is 2.57. The zero-order valence-electron chi connectivity index (χ0n) is 17.8. The summed E-state index contributed by atoms with van der Waals surface area (Å²) in [7, 11) is 0. The summed E-state index contributed by atoms with van der Waals surface area (Å²) in [4.78, 5) is 21.6. The van der Waals surface area contributed by atoms with Gasteiger partial charge in [0.05, 0.1) is 17.3 Å². The molecule has 2 fully saturated rings. The second-order valence-corrected chi connectivity index (χ2v) is 8.53. The number of para-hydroxylation sites is 1. The number of rotatable bonds is 6. The average molecular weight is 420 g/mol. The van der Waals surface area contributed by atoms with Crippen molar-refractivity contribution in [1.82, 2.24) is 30.4 Å². The first kappa shape index (κ1) is 19.8. The van der Waals surface area contributed by atoms with Crippen LogP contribution in [0, 0.1) is 0 Å². The molecule has 0 aliphatic heterocycles. The molecular weight excluding hydrogens is 390 g/mol. The number of carbonyl (C=O) groups excluding carboxylic acids is 1. The number of fused-ring (bicyclic) bond motifs is 1. The predicted molar refractivity (Wildman–Crippen MR) is 121 cm³/mol. The molecule has 0 atom stereocenters. The van der Waals surface area contributed by atoms with E-state index < -0.39 is 0 Å². The summed E-state index contributed by atoms with van der Waals surface area (Å²) in [6.07, 6.45) is 8.08. The van der Waals surface area contributed by atoms with E-state index in [0.29, 0.717) is 18.5 Å². The fraction of sp³-hybridized carbons (Fsp3) is 0.478. The van der Waals surface area contributed by atoms with E-state index in [-0.39, 0.29) is 12.1 Å². The molecular formula is C23H29N7O. The number of anilines is 1. The lowest BCUT2D eigenvalue weighted by Gasteiger charge is -2.30. The van der Waals surface area contributed by atoms with Crippen molar-refractivity contribution < 1.29 is 4.79 Å². The topological polar surface area (TPSA) is 96.8 Å². The maximum Gasteiger partial charge on any atom is 0.314 e. The van der Waals surface area contributed by atoms with Crippen LogP contribution < -0.4 is 16.0 Å².